The van der Waals surface area contributed by atoms with E-state index in [1.807, 2.05) is 33.3 Å². The molecule has 0 heterocycles. The van der Waals surface area contributed by atoms with Crippen LogP contribution < -0.4 is 10.2 Å². The number of allylic oxidation sites excluding steroid dienone is 7. The third-order valence-corrected chi connectivity index (χ3v) is 15.7. The summed E-state index contributed by atoms with van der Waals surface area (Å²) in [6, 6.07) is -0.889. The third-order valence-electron chi connectivity index (χ3n) is 14.8. The van der Waals surface area contributed by atoms with Crippen LogP contribution in [0.4, 0.5) is 0 Å². The zero-order valence-corrected chi connectivity index (χ0v) is 52.6. The Labute approximate surface area is 478 Å². The van der Waals surface area contributed by atoms with Crippen LogP contribution in [0.5, 0.6) is 0 Å². The van der Waals surface area contributed by atoms with E-state index in [9.17, 15) is 19.0 Å². The van der Waals surface area contributed by atoms with Gasteiger partial charge in [0.1, 0.15) is 19.3 Å². The Morgan fingerprint density at radius 3 is 1.21 bits per heavy atom. The lowest BCUT2D eigenvalue weighted by molar-refractivity contribution is -0.870. The van der Waals surface area contributed by atoms with Crippen LogP contribution >= 0.6 is 7.82 Å². The average molecular weight is 1100 g/mol. The molecule has 0 radical (unpaired) electrons. The number of likely N-dealkylation sites (N-methyl/N-ethyl adjacent to an activating group) is 1. The molecule has 0 rings (SSSR count). The minimum atomic E-state index is -4.70. The number of phosphoric acid groups is 1. The van der Waals surface area contributed by atoms with Crippen molar-refractivity contribution in [2.75, 3.05) is 40.9 Å². The summed E-state index contributed by atoms with van der Waals surface area (Å²) < 4.78 is 30.4. The van der Waals surface area contributed by atoms with Gasteiger partial charge in [0.25, 0.3) is 7.82 Å². The van der Waals surface area contributed by atoms with Gasteiger partial charge < -0.3 is 28.5 Å². The second-order valence-electron chi connectivity index (χ2n) is 23.6. The Hall–Kier alpha value is -2.03. The second-order valence-corrected chi connectivity index (χ2v) is 25.0. The van der Waals surface area contributed by atoms with Gasteiger partial charge in [-0.1, -0.05) is 282 Å². The highest BCUT2D eigenvalue weighted by Crippen LogP contribution is 2.38. The van der Waals surface area contributed by atoms with Crippen LogP contribution in [0.15, 0.2) is 48.6 Å². The molecule has 452 valence electrons. The number of nitrogens with zero attached hydrogens (tertiary/aromatic N) is 1. The molecule has 0 aromatic heterocycles. The molecule has 0 saturated carbocycles. The lowest BCUT2D eigenvalue weighted by atomic mass is 10.0. The van der Waals surface area contributed by atoms with Crippen molar-refractivity contribution in [3.05, 3.63) is 48.6 Å². The molecule has 3 unspecified atom stereocenters. The molecular formula is C67H127N2O7P. The Morgan fingerprint density at radius 2 is 0.792 bits per heavy atom. The van der Waals surface area contributed by atoms with Crippen molar-refractivity contribution in [2.24, 2.45) is 0 Å². The molecule has 0 aromatic carbocycles. The van der Waals surface area contributed by atoms with Crippen LogP contribution in [0.2, 0.25) is 0 Å². The fourth-order valence-corrected chi connectivity index (χ4v) is 10.4. The van der Waals surface area contributed by atoms with Crippen LogP contribution in [0.25, 0.3) is 0 Å². The fraction of sp³-hybridized carbons (Fsp3) is 0.851. The van der Waals surface area contributed by atoms with Gasteiger partial charge >= 0.3 is 5.97 Å². The maximum atomic E-state index is 13.5. The summed E-state index contributed by atoms with van der Waals surface area (Å²) >= 11 is 0. The summed E-state index contributed by atoms with van der Waals surface area (Å²) in [7, 11) is 1.19. The molecule has 0 aliphatic carbocycles. The number of hydrogen-bond acceptors (Lipinski definition) is 7. The van der Waals surface area contributed by atoms with Gasteiger partial charge in [0, 0.05) is 12.8 Å². The van der Waals surface area contributed by atoms with Crippen molar-refractivity contribution in [3.63, 3.8) is 0 Å². The van der Waals surface area contributed by atoms with Crippen molar-refractivity contribution < 1.29 is 37.3 Å². The molecule has 0 aliphatic heterocycles. The molecule has 10 heteroatoms. The second kappa shape index (κ2) is 57.2. The van der Waals surface area contributed by atoms with Crippen LogP contribution in [0, 0.1) is 0 Å². The van der Waals surface area contributed by atoms with Crippen molar-refractivity contribution in [3.8, 4) is 0 Å². The SMILES string of the molecule is CCCCC/C=C\C/C=C\C/C=C\CCCCCCCCCCC(=O)OC(/C=C/CCCCCCCCCCC)C(COP(=O)([O-])OCC[N+](C)(C)C)NC(=O)CCCCCCCCCCCCCCCCCCCCC. The van der Waals surface area contributed by atoms with E-state index in [0.717, 1.165) is 83.5 Å². The first kappa shape index (κ1) is 75.0. The normalized spacial score (nSPS) is 13.9. The lowest BCUT2D eigenvalue weighted by Crippen LogP contribution is -2.47. The van der Waals surface area contributed by atoms with Gasteiger partial charge in [-0.2, -0.15) is 0 Å². The number of hydrogen-bond donors (Lipinski definition) is 1. The number of phosphoric ester groups is 1. The van der Waals surface area contributed by atoms with E-state index in [0.29, 0.717) is 17.4 Å². The summed E-state index contributed by atoms with van der Waals surface area (Å²) in [6.07, 6.45) is 70.8. The maximum absolute atomic E-state index is 13.5. The number of quaternary nitrogens is 1. The third kappa shape index (κ3) is 58.4. The van der Waals surface area contributed by atoms with E-state index in [2.05, 4.69) is 62.5 Å². The number of carbonyl (C=O) groups is 2. The summed E-state index contributed by atoms with van der Waals surface area (Å²) in [4.78, 5) is 40.0. The molecule has 0 saturated heterocycles. The Bertz CT molecular complexity index is 1460. The predicted octanol–water partition coefficient (Wildman–Crippen LogP) is 19.8. The standard InChI is InChI=1S/C67H127N2O7P/c1-7-10-13-16-19-22-25-27-29-31-33-34-36-38-40-42-45-48-51-54-57-60-67(71)76-65(58-55-52-49-46-43-24-21-18-15-12-9-3)64(63-75-77(72,73)74-62-61-69(4,5)6)68-66(70)59-56-53-50-47-44-41-39-37-35-32-30-28-26-23-20-17-14-11-8-2/h19,22,27,29,33-34,55,58,64-65H,7-18,20-21,23-26,28,30-32,35-54,56-57,59-63H2,1-6H3,(H-,68,70,72,73)/b22-19-,29-27-,34-33-,58-55+. The first-order valence-electron chi connectivity index (χ1n) is 32.9. The van der Waals surface area contributed by atoms with Crippen LogP contribution in [-0.2, 0) is 27.9 Å². The molecule has 77 heavy (non-hydrogen) atoms. The van der Waals surface area contributed by atoms with Gasteiger partial charge in [0.05, 0.1) is 33.8 Å². The summed E-state index contributed by atoms with van der Waals surface area (Å²) in [5, 5.41) is 3.04. The van der Waals surface area contributed by atoms with Gasteiger partial charge in [-0.15, -0.1) is 0 Å². The van der Waals surface area contributed by atoms with Gasteiger partial charge in [0.2, 0.25) is 5.91 Å². The van der Waals surface area contributed by atoms with E-state index in [1.54, 1.807) is 0 Å². The molecule has 0 bridgehead atoms. The molecule has 3 atom stereocenters. The van der Waals surface area contributed by atoms with Crippen LogP contribution in [-0.4, -0.2) is 69.4 Å². The molecule has 0 spiro atoms. The highest BCUT2D eigenvalue weighted by molar-refractivity contribution is 7.45. The number of amides is 1. The number of nitrogens with one attached hydrogen (secondary N) is 1. The summed E-state index contributed by atoms with van der Waals surface area (Å²) in [5.74, 6) is -0.537. The minimum Gasteiger partial charge on any atom is -0.756 e. The van der Waals surface area contributed by atoms with E-state index in [4.69, 9.17) is 13.8 Å². The van der Waals surface area contributed by atoms with Crippen molar-refractivity contribution in [2.45, 2.75) is 328 Å². The highest BCUT2D eigenvalue weighted by atomic mass is 31.2. The molecule has 9 nitrogen and oxygen atoms in total. The number of esters is 1. The van der Waals surface area contributed by atoms with E-state index in [1.165, 1.54) is 199 Å². The maximum Gasteiger partial charge on any atom is 0.306 e. The Morgan fingerprint density at radius 1 is 0.455 bits per heavy atom. The summed E-state index contributed by atoms with van der Waals surface area (Å²) in [6.45, 7) is 6.84. The number of unbranched alkanes of at least 4 members (excludes halogenated alkanes) is 38. The minimum absolute atomic E-state index is 0.0222. The van der Waals surface area contributed by atoms with Crippen LogP contribution in [0.3, 0.4) is 0 Å². The Balaban J connectivity index is 5.14. The number of rotatable bonds is 60. The zero-order valence-electron chi connectivity index (χ0n) is 51.7. The number of carbonyl (C=O) groups excluding carboxylic acids is 2. The highest BCUT2D eigenvalue weighted by Gasteiger charge is 2.27. The average Bonchev–Trinajstić information content (AvgIpc) is 3.39. The Kier molecular flexibility index (Phi) is 55.7. The van der Waals surface area contributed by atoms with Crippen LogP contribution in [0.1, 0.15) is 316 Å². The first-order valence-corrected chi connectivity index (χ1v) is 34.4. The van der Waals surface area contributed by atoms with Crippen molar-refractivity contribution in [1.29, 1.82) is 0 Å². The zero-order chi connectivity index (χ0) is 56.4. The largest absolute Gasteiger partial charge is 0.756 e. The van der Waals surface area contributed by atoms with Gasteiger partial charge in [-0.05, 0) is 70.3 Å². The predicted molar refractivity (Wildman–Crippen MR) is 330 cm³/mol. The summed E-state index contributed by atoms with van der Waals surface area (Å²) in [5.41, 5.74) is 0. The molecule has 0 aromatic rings. The fourth-order valence-electron chi connectivity index (χ4n) is 9.65. The van der Waals surface area contributed by atoms with Gasteiger partial charge in [-0.25, -0.2) is 0 Å². The van der Waals surface area contributed by atoms with E-state index in [-0.39, 0.29) is 31.5 Å². The lowest BCUT2D eigenvalue weighted by Gasteiger charge is -2.30. The van der Waals surface area contributed by atoms with Gasteiger partial charge in [-0.3, -0.25) is 14.2 Å². The quantitative estimate of drug-likeness (QED) is 0.0212. The topological polar surface area (TPSA) is 114 Å². The molecule has 0 fully saturated rings. The molecular weight excluding hydrogens is 976 g/mol. The van der Waals surface area contributed by atoms with E-state index >= 15 is 0 Å². The first-order chi connectivity index (χ1) is 37.4. The smallest absolute Gasteiger partial charge is 0.306 e. The monoisotopic (exact) mass is 1100 g/mol. The number of ether oxygens (including phenoxy) is 1. The van der Waals surface area contributed by atoms with Gasteiger partial charge in [0.15, 0.2) is 0 Å². The van der Waals surface area contributed by atoms with Crippen molar-refractivity contribution in [1.82, 2.24) is 5.32 Å². The van der Waals surface area contributed by atoms with E-state index < -0.39 is 20.0 Å². The van der Waals surface area contributed by atoms with Crippen molar-refractivity contribution >= 4 is 19.7 Å². The molecule has 0 aliphatic rings. The molecule has 1 N–H and O–H groups in total. The molecule has 1 amide bonds.